The average Bonchev–Trinajstić information content (AvgIpc) is 2.57. The van der Waals surface area contributed by atoms with Crippen LogP contribution < -0.4 is 14.9 Å². The first kappa shape index (κ1) is 14.8. The summed E-state index contributed by atoms with van der Waals surface area (Å²) in [6.07, 6.45) is 0. The molecular weight excluding hydrogens is 291 g/mol. The van der Waals surface area contributed by atoms with Gasteiger partial charge < -0.3 is 9.31 Å². The van der Waals surface area contributed by atoms with Crippen LogP contribution in [0.3, 0.4) is 0 Å². The molecule has 0 unspecified atom stereocenters. The first-order valence-electron chi connectivity index (χ1n) is 6.86. The molecule has 6 nitrogen and oxygen atoms in total. The lowest BCUT2D eigenvalue weighted by molar-refractivity contribution is 0.00578. The van der Waals surface area contributed by atoms with Gasteiger partial charge in [-0.25, -0.2) is 0 Å². The monoisotopic (exact) mass is 310 g/mol. The Balaban J connectivity index is 1.90. The van der Waals surface area contributed by atoms with Gasteiger partial charge in [-0.15, -0.1) is 0 Å². The molecule has 114 valence electrons. The summed E-state index contributed by atoms with van der Waals surface area (Å²) in [5.41, 5.74) is 1.56. The SMILES string of the molecule is CC1(C)OB(c2ccc3c(c2)CNS(=O)(=O)N3)OC1(C)C. The number of anilines is 1. The lowest BCUT2D eigenvalue weighted by atomic mass is 9.78. The molecule has 1 saturated heterocycles. The number of benzene rings is 1. The van der Waals surface area contributed by atoms with Crippen LogP contribution in [0.2, 0.25) is 0 Å². The number of fused-ring (bicyclic) bond motifs is 1. The molecule has 2 N–H and O–H groups in total. The lowest BCUT2D eigenvalue weighted by Gasteiger charge is -2.32. The quantitative estimate of drug-likeness (QED) is 0.750. The molecule has 0 radical (unpaired) electrons. The van der Waals surface area contributed by atoms with Gasteiger partial charge in [0, 0.05) is 6.54 Å². The second kappa shape index (κ2) is 4.45. The molecule has 0 bridgehead atoms. The highest BCUT2D eigenvalue weighted by Gasteiger charge is 2.51. The van der Waals surface area contributed by atoms with Gasteiger partial charge in [0.05, 0.1) is 16.9 Å². The van der Waals surface area contributed by atoms with Crippen molar-refractivity contribution in [1.29, 1.82) is 0 Å². The Morgan fingerprint density at radius 2 is 1.76 bits per heavy atom. The fourth-order valence-electron chi connectivity index (χ4n) is 2.34. The second-order valence-corrected chi connectivity index (χ2v) is 7.93. The van der Waals surface area contributed by atoms with E-state index >= 15 is 0 Å². The molecule has 2 aliphatic heterocycles. The van der Waals surface area contributed by atoms with Crippen LogP contribution in [0.15, 0.2) is 18.2 Å². The summed E-state index contributed by atoms with van der Waals surface area (Å²) < 4.78 is 39.8. The van der Waals surface area contributed by atoms with Gasteiger partial charge in [0.15, 0.2) is 0 Å². The van der Waals surface area contributed by atoms with E-state index in [-0.39, 0.29) is 6.54 Å². The third kappa shape index (κ3) is 2.57. The predicted molar refractivity (Wildman–Crippen MR) is 81.5 cm³/mol. The summed E-state index contributed by atoms with van der Waals surface area (Å²) in [6.45, 7) is 8.27. The first-order chi connectivity index (χ1) is 9.60. The highest BCUT2D eigenvalue weighted by molar-refractivity contribution is 7.90. The van der Waals surface area contributed by atoms with E-state index in [1.54, 1.807) is 6.07 Å². The molecule has 0 saturated carbocycles. The van der Waals surface area contributed by atoms with Crippen molar-refractivity contribution in [1.82, 2.24) is 4.72 Å². The van der Waals surface area contributed by atoms with Crippen molar-refractivity contribution in [3.8, 4) is 0 Å². The average molecular weight is 310 g/mol. The minimum Gasteiger partial charge on any atom is -0.399 e. The normalized spacial score (nSPS) is 25.2. The van der Waals surface area contributed by atoms with E-state index in [2.05, 4.69) is 9.44 Å². The molecule has 0 aliphatic carbocycles. The summed E-state index contributed by atoms with van der Waals surface area (Å²) in [5, 5.41) is 0. The van der Waals surface area contributed by atoms with Crippen LogP contribution in [-0.2, 0) is 26.1 Å². The van der Waals surface area contributed by atoms with Crippen LogP contribution in [0.25, 0.3) is 0 Å². The molecule has 1 fully saturated rings. The fourth-order valence-corrected chi connectivity index (χ4v) is 3.25. The highest BCUT2D eigenvalue weighted by Crippen LogP contribution is 2.36. The Morgan fingerprint density at radius 3 is 2.38 bits per heavy atom. The van der Waals surface area contributed by atoms with Gasteiger partial charge in [-0.2, -0.15) is 13.1 Å². The lowest BCUT2D eigenvalue weighted by Crippen LogP contribution is -2.41. The maximum Gasteiger partial charge on any atom is 0.494 e. The molecule has 2 heterocycles. The minimum absolute atomic E-state index is 0.262. The molecule has 0 aromatic heterocycles. The van der Waals surface area contributed by atoms with Crippen molar-refractivity contribution in [2.75, 3.05) is 4.72 Å². The van der Waals surface area contributed by atoms with Crippen LogP contribution in [-0.4, -0.2) is 26.7 Å². The highest BCUT2D eigenvalue weighted by atomic mass is 32.2. The summed E-state index contributed by atoms with van der Waals surface area (Å²) in [6, 6.07) is 5.48. The van der Waals surface area contributed by atoms with Gasteiger partial charge in [-0.1, -0.05) is 12.1 Å². The van der Waals surface area contributed by atoms with Crippen LogP contribution in [0, 0.1) is 0 Å². The smallest absolute Gasteiger partial charge is 0.399 e. The van der Waals surface area contributed by atoms with E-state index in [0.29, 0.717) is 5.69 Å². The summed E-state index contributed by atoms with van der Waals surface area (Å²) >= 11 is 0. The van der Waals surface area contributed by atoms with E-state index in [0.717, 1.165) is 11.0 Å². The molecule has 21 heavy (non-hydrogen) atoms. The minimum atomic E-state index is -3.43. The van der Waals surface area contributed by atoms with E-state index in [1.807, 2.05) is 39.8 Å². The zero-order valence-electron chi connectivity index (χ0n) is 12.6. The van der Waals surface area contributed by atoms with Gasteiger partial charge in [-0.05, 0) is 44.8 Å². The molecule has 0 atom stereocenters. The maximum absolute atomic E-state index is 11.5. The zero-order chi connectivity index (χ0) is 15.5. The van der Waals surface area contributed by atoms with E-state index in [4.69, 9.17) is 9.31 Å². The van der Waals surface area contributed by atoms with Crippen LogP contribution in [0.5, 0.6) is 0 Å². The van der Waals surface area contributed by atoms with Crippen molar-refractivity contribution < 1.29 is 17.7 Å². The fraction of sp³-hybridized carbons (Fsp3) is 0.538. The molecule has 0 spiro atoms. The Morgan fingerprint density at radius 1 is 1.14 bits per heavy atom. The standard InChI is InChI=1S/C13H19BN2O4S/c1-12(2)13(3,4)20-14(19-12)10-5-6-11-9(7-10)8-15-21(17,18)16-11/h5-7,15-16H,8H2,1-4H3. The van der Waals surface area contributed by atoms with Crippen molar-refractivity contribution in [2.45, 2.75) is 45.4 Å². The number of nitrogens with one attached hydrogen (secondary N) is 2. The van der Waals surface area contributed by atoms with Crippen LogP contribution in [0.4, 0.5) is 5.69 Å². The third-order valence-electron chi connectivity index (χ3n) is 4.35. The Bertz CT molecular complexity index is 671. The van der Waals surface area contributed by atoms with Crippen molar-refractivity contribution in [3.05, 3.63) is 23.8 Å². The van der Waals surface area contributed by atoms with Gasteiger partial charge >= 0.3 is 7.12 Å². The van der Waals surface area contributed by atoms with Crippen LogP contribution >= 0.6 is 0 Å². The summed E-state index contributed by atoms with van der Waals surface area (Å²) in [5.74, 6) is 0. The van der Waals surface area contributed by atoms with Crippen molar-refractivity contribution >= 4 is 28.5 Å². The summed E-state index contributed by atoms with van der Waals surface area (Å²) in [4.78, 5) is 0. The Kier molecular flexibility index (Phi) is 3.15. The molecule has 8 heteroatoms. The number of hydrogen-bond acceptors (Lipinski definition) is 4. The third-order valence-corrected chi connectivity index (χ3v) is 5.36. The van der Waals surface area contributed by atoms with Crippen molar-refractivity contribution in [2.24, 2.45) is 0 Å². The first-order valence-corrected chi connectivity index (χ1v) is 8.34. The van der Waals surface area contributed by atoms with Crippen LogP contribution in [0.1, 0.15) is 33.3 Å². The number of hydrogen-bond donors (Lipinski definition) is 2. The number of rotatable bonds is 1. The van der Waals surface area contributed by atoms with Gasteiger partial charge in [0.25, 0.3) is 10.2 Å². The molecule has 2 aliphatic rings. The molecular formula is C13H19BN2O4S. The summed E-state index contributed by atoms with van der Waals surface area (Å²) in [7, 11) is -3.87. The zero-order valence-corrected chi connectivity index (χ0v) is 13.4. The molecule has 3 rings (SSSR count). The topological polar surface area (TPSA) is 76.7 Å². The maximum atomic E-state index is 11.5. The Hall–Kier alpha value is -1.09. The van der Waals surface area contributed by atoms with E-state index in [1.165, 1.54) is 0 Å². The molecule has 1 aromatic rings. The molecule has 0 amide bonds. The van der Waals surface area contributed by atoms with E-state index in [9.17, 15) is 8.42 Å². The van der Waals surface area contributed by atoms with Crippen molar-refractivity contribution in [3.63, 3.8) is 0 Å². The predicted octanol–water partition coefficient (Wildman–Crippen LogP) is 0.746. The van der Waals surface area contributed by atoms with Gasteiger partial charge in [0.2, 0.25) is 0 Å². The molecule has 1 aromatic carbocycles. The van der Waals surface area contributed by atoms with Gasteiger partial charge in [0.1, 0.15) is 0 Å². The largest absolute Gasteiger partial charge is 0.494 e. The second-order valence-electron chi connectivity index (χ2n) is 6.43. The van der Waals surface area contributed by atoms with Gasteiger partial charge in [-0.3, -0.25) is 4.72 Å². The van der Waals surface area contributed by atoms with E-state index < -0.39 is 28.5 Å². The Labute approximate surface area is 125 Å².